The van der Waals surface area contributed by atoms with Crippen LogP contribution in [0.1, 0.15) is 15.9 Å². The first-order valence-electron chi connectivity index (χ1n) is 6.13. The lowest BCUT2D eigenvalue weighted by atomic mass is 10.2. The number of anilines is 1. The Morgan fingerprint density at radius 1 is 1.26 bits per heavy atom. The second-order valence-corrected chi connectivity index (χ2v) is 7.06. The lowest BCUT2D eigenvalue weighted by Gasteiger charge is -2.12. The minimum absolute atomic E-state index is 0.0351. The molecule has 0 spiro atoms. The van der Waals surface area contributed by atoms with Gasteiger partial charge in [0.1, 0.15) is 5.82 Å². The third kappa shape index (κ3) is 3.57. The number of carbonyl (C=O) groups is 1. The molecule has 0 aliphatic heterocycles. The number of carboxylic acid groups (broad SMARTS) is 1. The Labute approximate surface area is 141 Å². The summed E-state index contributed by atoms with van der Waals surface area (Å²) in [5.74, 6) is -2.00. The minimum Gasteiger partial charge on any atom is -0.478 e. The summed E-state index contributed by atoms with van der Waals surface area (Å²) < 4.78 is 40.4. The van der Waals surface area contributed by atoms with Crippen molar-refractivity contribution in [3.8, 4) is 0 Å². The number of sulfonamides is 1. The van der Waals surface area contributed by atoms with Gasteiger partial charge in [-0.2, -0.15) is 0 Å². The number of benzene rings is 2. The quantitative estimate of drug-likeness (QED) is 0.844. The number of rotatable bonds is 4. The molecule has 0 saturated heterocycles. The van der Waals surface area contributed by atoms with Gasteiger partial charge in [0, 0.05) is 5.56 Å². The number of aromatic carboxylic acids is 1. The molecule has 0 saturated carbocycles. The van der Waals surface area contributed by atoms with Crippen LogP contribution in [-0.2, 0) is 10.0 Å². The van der Waals surface area contributed by atoms with Gasteiger partial charge < -0.3 is 5.11 Å². The molecule has 0 amide bonds. The molecule has 2 rings (SSSR count). The number of hydrogen-bond donors (Lipinski definition) is 2. The smallest absolute Gasteiger partial charge is 0.337 e. The topological polar surface area (TPSA) is 83.5 Å². The summed E-state index contributed by atoms with van der Waals surface area (Å²) in [5.41, 5.74) is -0.307. The number of carboxylic acids is 1. The standard InChI is InChI=1S/C14H10Cl2FNO4S/c1-7-11(17)3-2-4-12(7)18-23(21,22)8-5-9(14(19)20)13(16)10(15)6-8/h2-6,18H,1H3,(H,19,20). The molecular weight excluding hydrogens is 368 g/mol. The fourth-order valence-electron chi connectivity index (χ4n) is 1.80. The van der Waals surface area contributed by atoms with Crippen LogP contribution < -0.4 is 4.72 Å². The van der Waals surface area contributed by atoms with Crippen molar-refractivity contribution < 1.29 is 22.7 Å². The second-order valence-electron chi connectivity index (χ2n) is 4.59. The van der Waals surface area contributed by atoms with Gasteiger partial charge in [0.05, 0.1) is 26.2 Å². The van der Waals surface area contributed by atoms with Gasteiger partial charge in [0.15, 0.2) is 0 Å². The highest BCUT2D eigenvalue weighted by molar-refractivity contribution is 7.92. The van der Waals surface area contributed by atoms with E-state index in [-0.39, 0.29) is 21.3 Å². The fourth-order valence-corrected chi connectivity index (χ4v) is 3.45. The van der Waals surface area contributed by atoms with Gasteiger partial charge in [-0.3, -0.25) is 4.72 Å². The predicted molar refractivity (Wildman–Crippen MR) is 85.4 cm³/mol. The Hall–Kier alpha value is -1.83. The second kappa shape index (κ2) is 6.35. The monoisotopic (exact) mass is 377 g/mol. The van der Waals surface area contributed by atoms with Crippen molar-refractivity contribution in [3.05, 3.63) is 57.3 Å². The van der Waals surface area contributed by atoms with Gasteiger partial charge in [0.2, 0.25) is 0 Å². The van der Waals surface area contributed by atoms with Crippen LogP contribution in [0, 0.1) is 12.7 Å². The molecule has 0 atom stereocenters. The maximum atomic E-state index is 13.5. The molecular formula is C14H10Cl2FNO4S. The molecule has 2 N–H and O–H groups in total. The van der Waals surface area contributed by atoms with Crippen molar-refractivity contribution in [2.45, 2.75) is 11.8 Å². The first-order valence-corrected chi connectivity index (χ1v) is 8.37. The van der Waals surface area contributed by atoms with Gasteiger partial charge >= 0.3 is 5.97 Å². The van der Waals surface area contributed by atoms with E-state index in [9.17, 15) is 17.6 Å². The zero-order valence-corrected chi connectivity index (χ0v) is 13.9. The Morgan fingerprint density at radius 2 is 1.91 bits per heavy atom. The van der Waals surface area contributed by atoms with Gasteiger partial charge in [-0.15, -0.1) is 0 Å². The van der Waals surface area contributed by atoms with Gasteiger partial charge in [0.25, 0.3) is 10.0 Å². The van der Waals surface area contributed by atoms with Gasteiger partial charge in [-0.05, 0) is 31.2 Å². The van der Waals surface area contributed by atoms with Gasteiger partial charge in [-0.25, -0.2) is 17.6 Å². The summed E-state index contributed by atoms with van der Waals surface area (Å²) in [4.78, 5) is 10.7. The summed E-state index contributed by atoms with van der Waals surface area (Å²) in [6.45, 7) is 1.41. The molecule has 0 fully saturated rings. The fraction of sp³-hybridized carbons (Fsp3) is 0.0714. The van der Waals surface area contributed by atoms with Crippen LogP contribution in [0.3, 0.4) is 0 Å². The summed E-state index contributed by atoms with van der Waals surface area (Å²) in [6.07, 6.45) is 0. The Balaban J connectivity index is 2.52. The zero-order chi connectivity index (χ0) is 17.4. The number of halogens is 3. The van der Waals surface area contributed by atoms with E-state index in [0.717, 1.165) is 12.1 Å². The predicted octanol–water partition coefficient (Wildman–Crippen LogP) is 3.94. The highest BCUT2D eigenvalue weighted by Gasteiger charge is 2.22. The van der Waals surface area contributed by atoms with Crippen molar-refractivity contribution >= 4 is 44.9 Å². The van der Waals surface area contributed by atoms with Crippen molar-refractivity contribution in [1.82, 2.24) is 0 Å². The minimum atomic E-state index is -4.17. The average molecular weight is 378 g/mol. The van der Waals surface area contributed by atoms with E-state index < -0.39 is 32.3 Å². The van der Waals surface area contributed by atoms with E-state index in [1.165, 1.54) is 25.1 Å². The van der Waals surface area contributed by atoms with Crippen molar-refractivity contribution in [2.75, 3.05) is 4.72 Å². The van der Waals surface area contributed by atoms with Gasteiger partial charge in [-0.1, -0.05) is 29.3 Å². The molecule has 0 aromatic heterocycles. The summed E-state index contributed by atoms with van der Waals surface area (Å²) in [6, 6.07) is 5.82. The van der Waals surface area contributed by atoms with Crippen LogP contribution >= 0.6 is 23.2 Å². The highest BCUT2D eigenvalue weighted by Crippen LogP contribution is 2.31. The third-order valence-electron chi connectivity index (χ3n) is 3.05. The lowest BCUT2D eigenvalue weighted by molar-refractivity contribution is 0.0697. The molecule has 0 bridgehead atoms. The normalized spacial score (nSPS) is 11.3. The molecule has 0 aliphatic carbocycles. The molecule has 0 aliphatic rings. The maximum Gasteiger partial charge on any atom is 0.337 e. The molecule has 0 heterocycles. The molecule has 2 aromatic rings. The molecule has 23 heavy (non-hydrogen) atoms. The summed E-state index contributed by atoms with van der Waals surface area (Å²) >= 11 is 11.5. The summed E-state index contributed by atoms with van der Waals surface area (Å²) in [7, 11) is -4.17. The van der Waals surface area contributed by atoms with Crippen LogP contribution in [0.25, 0.3) is 0 Å². The van der Waals surface area contributed by atoms with E-state index >= 15 is 0 Å². The van der Waals surface area contributed by atoms with E-state index in [0.29, 0.717) is 0 Å². The zero-order valence-electron chi connectivity index (χ0n) is 11.6. The van der Waals surface area contributed by atoms with E-state index in [1.807, 2.05) is 0 Å². The maximum absolute atomic E-state index is 13.5. The average Bonchev–Trinajstić information content (AvgIpc) is 2.46. The molecule has 0 unspecified atom stereocenters. The summed E-state index contributed by atoms with van der Waals surface area (Å²) in [5, 5.41) is 8.56. The van der Waals surface area contributed by atoms with E-state index in [4.69, 9.17) is 28.3 Å². The van der Waals surface area contributed by atoms with Crippen molar-refractivity contribution in [3.63, 3.8) is 0 Å². The third-order valence-corrected chi connectivity index (χ3v) is 5.20. The first-order chi connectivity index (χ1) is 10.6. The Bertz CT molecular complexity index is 900. The molecule has 9 heteroatoms. The lowest BCUT2D eigenvalue weighted by Crippen LogP contribution is -2.15. The van der Waals surface area contributed by atoms with Crippen LogP contribution in [0.5, 0.6) is 0 Å². The first kappa shape index (κ1) is 17.5. The molecule has 5 nitrogen and oxygen atoms in total. The van der Waals surface area contributed by atoms with E-state index in [1.54, 1.807) is 0 Å². The van der Waals surface area contributed by atoms with Crippen LogP contribution in [0.2, 0.25) is 10.0 Å². The van der Waals surface area contributed by atoms with Crippen LogP contribution in [-0.4, -0.2) is 19.5 Å². The highest BCUT2D eigenvalue weighted by atomic mass is 35.5. The van der Waals surface area contributed by atoms with Crippen molar-refractivity contribution in [2.24, 2.45) is 0 Å². The Morgan fingerprint density at radius 3 is 2.52 bits per heavy atom. The molecule has 0 radical (unpaired) electrons. The molecule has 2 aromatic carbocycles. The largest absolute Gasteiger partial charge is 0.478 e. The SMILES string of the molecule is Cc1c(F)cccc1NS(=O)(=O)c1cc(Cl)c(Cl)c(C(=O)O)c1. The van der Waals surface area contributed by atoms with Crippen LogP contribution in [0.15, 0.2) is 35.2 Å². The molecule has 122 valence electrons. The van der Waals surface area contributed by atoms with E-state index in [2.05, 4.69) is 4.72 Å². The Kier molecular flexibility index (Phi) is 4.84. The van der Waals surface area contributed by atoms with Crippen LogP contribution in [0.4, 0.5) is 10.1 Å². The number of hydrogen-bond acceptors (Lipinski definition) is 3. The van der Waals surface area contributed by atoms with Crippen molar-refractivity contribution in [1.29, 1.82) is 0 Å². The number of nitrogens with one attached hydrogen (secondary N) is 1.